The van der Waals surface area contributed by atoms with E-state index in [-0.39, 0.29) is 38.2 Å². The molecule has 4 atom stereocenters. The van der Waals surface area contributed by atoms with Crippen LogP contribution < -0.4 is 38.9 Å². The number of para-hydroxylation sites is 1. The quantitative estimate of drug-likeness (QED) is 0.0619. The van der Waals surface area contributed by atoms with Crippen LogP contribution in [0.25, 0.3) is 10.9 Å². The molecule has 13 N–H and O–H groups in total. The van der Waals surface area contributed by atoms with E-state index >= 15 is 0 Å². The van der Waals surface area contributed by atoms with Gasteiger partial charge in [0, 0.05) is 30.1 Å². The lowest BCUT2D eigenvalue weighted by Gasteiger charge is -2.24. The summed E-state index contributed by atoms with van der Waals surface area (Å²) in [4.78, 5) is 68.4. The maximum absolute atomic E-state index is 13.2. The van der Waals surface area contributed by atoms with Crippen molar-refractivity contribution in [1.82, 2.24) is 20.9 Å². The van der Waals surface area contributed by atoms with Gasteiger partial charge in [-0.1, -0.05) is 18.2 Å². The number of nitrogens with two attached hydrogens (primary N) is 4. The lowest BCUT2D eigenvalue weighted by Crippen LogP contribution is -2.57. The topological polar surface area (TPSA) is 274 Å². The molecule has 0 bridgehead atoms. The van der Waals surface area contributed by atoms with E-state index in [1.54, 1.807) is 6.20 Å². The Bertz CT molecular complexity index is 1240. The van der Waals surface area contributed by atoms with Gasteiger partial charge in [0.15, 0.2) is 5.96 Å². The summed E-state index contributed by atoms with van der Waals surface area (Å²) < 4.78 is 0. The van der Waals surface area contributed by atoms with Crippen molar-refractivity contribution in [3.63, 3.8) is 0 Å². The molecule has 1 heterocycles. The number of carbonyl (C=O) groups excluding carboxylic acids is 4. The number of hydrogen-bond donors (Lipinski definition) is 9. The van der Waals surface area contributed by atoms with Crippen LogP contribution in [0.4, 0.5) is 0 Å². The zero-order chi connectivity index (χ0) is 29.8. The van der Waals surface area contributed by atoms with Crippen LogP contribution in [0.15, 0.2) is 35.5 Å². The summed E-state index contributed by atoms with van der Waals surface area (Å²) in [6.45, 7) is 1.42. The summed E-state index contributed by atoms with van der Waals surface area (Å²) in [7, 11) is 0. The third-order valence-corrected chi connectivity index (χ3v) is 6.07. The number of benzene rings is 1. The van der Waals surface area contributed by atoms with Crippen LogP contribution in [0.2, 0.25) is 0 Å². The van der Waals surface area contributed by atoms with Gasteiger partial charge in [0.25, 0.3) is 0 Å². The number of carboxylic acid groups (broad SMARTS) is 1. The number of aliphatic imine (C=N–C) groups is 1. The SMILES string of the molecule is CC(NC(=O)C(CCC(N)=O)NC(=O)C(CCCN=C(N)N)NC(=O)C(N)Cc1c[nH]c2ccccc12)C(=O)O. The molecule has 4 unspecified atom stereocenters. The number of hydrogen-bond acceptors (Lipinski definition) is 7. The molecule has 0 aliphatic rings. The van der Waals surface area contributed by atoms with E-state index in [4.69, 9.17) is 28.0 Å². The molecule has 0 fully saturated rings. The summed E-state index contributed by atoms with van der Waals surface area (Å²) in [6, 6.07) is 2.84. The number of aromatic nitrogens is 1. The zero-order valence-corrected chi connectivity index (χ0v) is 22.2. The fraction of sp³-hybridized carbons (Fsp3) is 0.440. The maximum atomic E-state index is 13.2. The van der Waals surface area contributed by atoms with Crippen molar-refractivity contribution in [2.75, 3.05) is 6.54 Å². The number of primary amides is 1. The molecule has 4 amide bonds. The maximum Gasteiger partial charge on any atom is 0.325 e. The molecule has 0 saturated heterocycles. The standard InChI is InChI=1S/C25H37N9O6/c1-13(24(39)40)32-22(37)19(8-9-20(27)35)34-23(38)18(7-4-10-30-25(28)29)33-21(36)16(26)11-14-12-31-17-6-3-2-5-15(14)17/h2-3,5-6,12-13,16,18-19,31H,4,7-11,26H2,1H3,(H2,27,35)(H,32,37)(H,33,36)(H,34,38)(H,39,40)(H4,28,29,30). The molecule has 0 aliphatic carbocycles. The van der Waals surface area contributed by atoms with E-state index in [1.165, 1.54) is 6.92 Å². The summed E-state index contributed by atoms with van der Waals surface area (Å²) in [5.41, 5.74) is 23.8. The van der Waals surface area contributed by atoms with Gasteiger partial charge in [-0.25, -0.2) is 0 Å². The Balaban J connectivity index is 2.16. The average Bonchev–Trinajstić information content (AvgIpc) is 3.30. The van der Waals surface area contributed by atoms with Crippen molar-refractivity contribution < 1.29 is 29.1 Å². The summed E-state index contributed by atoms with van der Waals surface area (Å²) >= 11 is 0. The van der Waals surface area contributed by atoms with E-state index in [9.17, 15) is 24.0 Å². The van der Waals surface area contributed by atoms with E-state index in [0.717, 1.165) is 16.5 Å². The minimum atomic E-state index is -1.29. The summed E-state index contributed by atoms with van der Waals surface area (Å²) in [6.07, 6.45) is 1.89. The van der Waals surface area contributed by atoms with Crippen molar-refractivity contribution in [2.24, 2.45) is 27.9 Å². The molecular formula is C25H37N9O6. The molecule has 15 heteroatoms. The third kappa shape index (κ3) is 9.90. The van der Waals surface area contributed by atoms with Gasteiger partial charge in [0.1, 0.15) is 18.1 Å². The number of aromatic amines is 1. The third-order valence-electron chi connectivity index (χ3n) is 6.07. The fourth-order valence-corrected chi connectivity index (χ4v) is 3.88. The molecule has 15 nitrogen and oxygen atoms in total. The van der Waals surface area contributed by atoms with E-state index in [0.29, 0.717) is 6.42 Å². The van der Waals surface area contributed by atoms with E-state index < -0.39 is 53.8 Å². The van der Waals surface area contributed by atoms with Crippen LogP contribution in [0.3, 0.4) is 0 Å². The van der Waals surface area contributed by atoms with Crippen LogP contribution in [0.1, 0.15) is 38.2 Å². The Hall–Kier alpha value is -4.66. The van der Waals surface area contributed by atoms with E-state index in [1.807, 2.05) is 24.3 Å². The Morgan fingerprint density at radius 2 is 1.57 bits per heavy atom. The highest BCUT2D eigenvalue weighted by Gasteiger charge is 2.29. The largest absolute Gasteiger partial charge is 0.480 e. The zero-order valence-electron chi connectivity index (χ0n) is 22.2. The highest BCUT2D eigenvalue weighted by Crippen LogP contribution is 2.19. The van der Waals surface area contributed by atoms with Crippen LogP contribution in [-0.4, -0.2) is 76.4 Å². The molecular weight excluding hydrogens is 522 g/mol. The predicted molar refractivity (Wildman–Crippen MR) is 147 cm³/mol. The number of nitrogens with one attached hydrogen (secondary N) is 4. The van der Waals surface area contributed by atoms with Gasteiger partial charge in [0.2, 0.25) is 23.6 Å². The number of amides is 4. The van der Waals surface area contributed by atoms with Crippen LogP contribution in [0, 0.1) is 0 Å². The summed E-state index contributed by atoms with van der Waals surface area (Å²) in [5.74, 6) is -4.33. The van der Waals surface area contributed by atoms with Gasteiger partial charge in [0.05, 0.1) is 6.04 Å². The number of rotatable bonds is 16. The Kier molecular flexibility index (Phi) is 11.9. The van der Waals surface area contributed by atoms with Crippen molar-refractivity contribution in [1.29, 1.82) is 0 Å². The fourth-order valence-electron chi connectivity index (χ4n) is 3.88. The van der Waals surface area contributed by atoms with Gasteiger partial charge in [-0.15, -0.1) is 0 Å². The number of fused-ring (bicyclic) bond motifs is 1. The normalized spacial score (nSPS) is 13.8. The number of H-pyrrole nitrogens is 1. The molecule has 1 aromatic heterocycles. The van der Waals surface area contributed by atoms with Gasteiger partial charge >= 0.3 is 5.97 Å². The second-order valence-corrected chi connectivity index (χ2v) is 9.31. The lowest BCUT2D eigenvalue weighted by molar-refractivity contribution is -0.142. The van der Waals surface area contributed by atoms with Crippen LogP contribution in [-0.2, 0) is 30.4 Å². The Morgan fingerprint density at radius 3 is 2.23 bits per heavy atom. The molecule has 218 valence electrons. The molecule has 0 aliphatic heterocycles. The highest BCUT2D eigenvalue weighted by molar-refractivity contribution is 5.94. The first-order valence-corrected chi connectivity index (χ1v) is 12.7. The number of nitrogens with zero attached hydrogens (tertiary/aromatic N) is 1. The average molecular weight is 560 g/mol. The van der Waals surface area contributed by atoms with Crippen molar-refractivity contribution in [2.45, 2.75) is 63.2 Å². The number of carboxylic acids is 1. The van der Waals surface area contributed by atoms with Crippen LogP contribution in [0.5, 0.6) is 0 Å². The minimum absolute atomic E-state index is 0.0871. The molecule has 1 aromatic carbocycles. The highest BCUT2D eigenvalue weighted by atomic mass is 16.4. The van der Waals surface area contributed by atoms with Gasteiger partial charge in [-0.3, -0.25) is 29.0 Å². The van der Waals surface area contributed by atoms with Crippen LogP contribution >= 0.6 is 0 Å². The van der Waals surface area contributed by atoms with Gasteiger partial charge in [-0.05, 0) is 44.2 Å². The minimum Gasteiger partial charge on any atom is -0.480 e. The molecule has 0 saturated carbocycles. The first kappa shape index (κ1) is 31.6. The molecule has 2 rings (SSSR count). The Labute approximate surface area is 230 Å². The monoisotopic (exact) mass is 559 g/mol. The lowest BCUT2D eigenvalue weighted by atomic mass is 10.0. The van der Waals surface area contributed by atoms with Crippen molar-refractivity contribution in [3.8, 4) is 0 Å². The second kappa shape index (κ2) is 15.1. The van der Waals surface area contributed by atoms with E-state index in [2.05, 4.69) is 25.9 Å². The first-order valence-electron chi connectivity index (χ1n) is 12.7. The number of guanidine groups is 1. The first-order chi connectivity index (χ1) is 18.9. The smallest absolute Gasteiger partial charge is 0.325 e. The molecule has 2 aromatic rings. The molecule has 40 heavy (non-hydrogen) atoms. The molecule has 0 spiro atoms. The Morgan fingerprint density at radius 1 is 0.950 bits per heavy atom. The second-order valence-electron chi connectivity index (χ2n) is 9.31. The molecule has 0 radical (unpaired) electrons. The van der Waals surface area contributed by atoms with Crippen molar-refractivity contribution >= 4 is 46.5 Å². The van der Waals surface area contributed by atoms with Gasteiger partial charge in [-0.2, -0.15) is 0 Å². The number of carbonyl (C=O) groups is 5. The van der Waals surface area contributed by atoms with Gasteiger partial charge < -0.3 is 49.0 Å². The van der Waals surface area contributed by atoms with Crippen molar-refractivity contribution in [3.05, 3.63) is 36.0 Å². The number of aliphatic carboxylic acids is 1. The summed E-state index contributed by atoms with van der Waals surface area (Å²) in [5, 5.41) is 17.4. The predicted octanol–water partition coefficient (Wildman–Crippen LogP) is -2.08.